The molecular formula is C12H19N3O2S2. The van der Waals surface area contributed by atoms with E-state index in [1.165, 1.54) is 6.20 Å². The average molecular weight is 301 g/mol. The van der Waals surface area contributed by atoms with E-state index < -0.39 is 10.0 Å². The zero-order valence-electron chi connectivity index (χ0n) is 11.3. The number of anilines is 1. The van der Waals surface area contributed by atoms with Gasteiger partial charge in [0.1, 0.15) is 0 Å². The number of thioether (sulfide) groups is 1. The minimum absolute atomic E-state index is 0.115. The molecule has 106 valence electrons. The highest BCUT2D eigenvalue weighted by molar-refractivity contribution is 8.00. The van der Waals surface area contributed by atoms with Crippen molar-refractivity contribution >= 4 is 27.5 Å². The summed E-state index contributed by atoms with van der Waals surface area (Å²) < 4.78 is 26.9. The molecule has 7 heteroatoms. The molecule has 1 aliphatic heterocycles. The first-order valence-corrected chi connectivity index (χ1v) is 8.62. The molecule has 0 aliphatic carbocycles. The van der Waals surface area contributed by atoms with Crippen LogP contribution in [0.4, 0.5) is 5.69 Å². The standard InChI is InChI=1S/C12H19N3O2S2/c1-9-7-15(8-10(2)18-9)19(16,17)12-11(13-3)5-4-6-14-12/h4-6,9-10,13H,7-8H2,1-3H3. The lowest BCUT2D eigenvalue weighted by molar-refractivity contribution is 0.403. The Morgan fingerprint density at radius 2 is 2.00 bits per heavy atom. The second-order valence-corrected chi connectivity index (χ2v) is 8.42. The molecule has 1 aliphatic rings. The molecular weight excluding hydrogens is 282 g/mol. The Morgan fingerprint density at radius 1 is 1.37 bits per heavy atom. The van der Waals surface area contributed by atoms with Crippen molar-refractivity contribution in [3.8, 4) is 0 Å². The van der Waals surface area contributed by atoms with Gasteiger partial charge >= 0.3 is 0 Å². The number of pyridine rings is 1. The Balaban J connectivity index is 2.36. The van der Waals surface area contributed by atoms with Gasteiger partial charge in [0, 0.05) is 36.8 Å². The van der Waals surface area contributed by atoms with E-state index in [9.17, 15) is 8.42 Å². The van der Waals surface area contributed by atoms with Gasteiger partial charge in [-0.25, -0.2) is 13.4 Å². The molecule has 1 aromatic rings. The Bertz CT molecular complexity index is 538. The van der Waals surface area contributed by atoms with Crippen LogP contribution < -0.4 is 5.32 Å². The summed E-state index contributed by atoms with van der Waals surface area (Å²) in [5.74, 6) is 0. The smallest absolute Gasteiger partial charge is 0.262 e. The molecule has 1 aromatic heterocycles. The van der Waals surface area contributed by atoms with Gasteiger partial charge in [-0.1, -0.05) is 13.8 Å². The van der Waals surface area contributed by atoms with Gasteiger partial charge in [-0.2, -0.15) is 16.1 Å². The molecule has 0 saturated carbocycles. The van der Waals surface area contributed by atoms with Crippen LogP contribution in [0.15, 0.2) is 23.4 Å². The van der Waals surface area contributed by atoms with E-state index in [2.05, 4.69) is 24.1 Å². The summed E-state index contributed by atoms with van der Waals surface area (Å²) in [5.41, 5.74) is 0.543. The van der Waals surface area contributed by atoms with E-state index in [0.29, 0.717) is 29.3 Å². The fourth-order valence-electron chi connectivity index (χ4n) is 2.24. The maximum atomic E-state index is 12.7. The van der Waals surface area contributed by atoms with Crippen molar-refractivity contribution in [2.75, 3.05) is 25.5 Å². The van der Waals surface area contributed by atoms with Gasteiger partial charge in [-0.3, -0.25) is 0 Å². The lowest BCUT2D eigenvalue weighted by Gasteiger charge is -2.33. The van der Waals surface area contributed by atoms with Crippen LogP contribution in [-0.4, -0.2) is 48.3 Å². The maximum absolute atomic E-state index is 12.7. The van der Waals surface area contributed by atoms with Crippen LogP contribution in [0.25, 0.3) is 0 Å². The normalized spacial score (nSPS) is 25.2. The minimum Gasteiger partial charge on any atom is -0.386 e. The van der Waals surface area contributed by atoms with E-state index in [0.717, 1.165) is 0 Å². The summed E-state index contributed by atoms with van der Waals surface area (Å²) in [6, 6.07) is 3.45. The molecule has 2 atom stereocenters. The van der Waals surface area contributed by atoms with Crippen molar-refractivity contribution in [2.45, 2.75) is 29.4 Å². The molecule has 2 heterocycles. The van der Waals surface area contributed by atoms with Crippen molar-refractivity contribution in [1.82, 2.24) is 9.29 Å². The van der Waals surface area contributed by atoms with Crippen molar-refractivity contribution in [1.29, 1.82) is 0 Å². The summed E-state index contributed by atoms with van der Waals surface area (Å²) in [5, 5.41) is 3.62. The Kier molecular flexibility index (Phi) is 4.37. The number of hydrogen-bond acceptors (Lipinski definition) is 5. The molecule has 0 radical (unpaired) electrons. The summed E-state index contributed by atoms with van der Waals surface area (Å²) in [6.45, 7) is 5.19. The van der Waals surface area contributed by atoms with E-state index in [1.807, 2.05) is 11.8 Å². The number of nitrogens with zero attached hydrogens (tertiary/aromatic N) is 2. The van der Waals surface area contributed by atoms with Gasteiger partial charge in [0.2, 0.25) is 0 Å². The first kappa shape index (κ1) is 14.6. The highest BCUT2D eigenvalue weighted by Gasteiger charge is 2.34. The molecule has 19 heavy (non-hydrogen) atoms. The second kappa shape index (κ2) is 5.68. The van der Waals surface area contributed by atoms with Crippen molar-refractivity contribution in [2.24, 2.45) is 0 Å². The zero-order chi connectivity index (χ0) is 14.0. The average Bonchev–Trinajstić information content (AvgIpc) is 2.37. The molecule has 1 fully saturated rings. The highest BCUT2D eigenvalue weighted by atomic mass is 32.2. The number of sulfonamides is 1. The van der Waals surface area contributed by atoms with Crippen LogP contribution in [0.5, 0.6) is 0 Å². The summed E-state index contributed by atoms with van der Waals surface area (Å²) >= 11 is 1.82. The third-order valence-electron chi connectivity index (χ3n) is 3.01. The van der Waals surface area contributed by atoms with E-state index >= 15 is 0 Å². The van der Waals surface area contributed by atoms with Crippen LogP contribution in [0, 0.1) is 0 Å². The van der Waals surface area contributed by atoms with Gasteiger partial charge in [0.15, 0.2) is 5.03 Å². The minimum atomic E-state index is -3.52. The molecule has 1 saturated heterocycles. The number of hydrogen-bond donors (Lipinski definition) is 1. The van der Waals surface area contributed by atoms with Crippen molar-refractivity contribution < 1.29 is 8.42 Å². The van der Waals surface area contributed by atoms with Crippen molar-refractivity contribution in [3.05, 3.63) is 18.3 Å². The van der Waals surface area contributed by atoms with Crippen LogP contribution in [-0.2, 0) is 10.0 Å². The zero-order valence-corrected chi connectivity index (χ0v) is 13.0. The quantitative estimate of drug-likeness (QED) is 0.919. The third kappa shape index (κ3) is 3.04. The Labute approximate surface area is 118 Å². The summed E-state index contributed by atoms with van der Waals surface area (Å²) in [4.78, 5) is 4.05. The fraction of sp³-hybridized carbons (Fsp3) is 0.583. The van der Waals surface area contributed by atoms with Crippen molar-refractivity contribution in [3.63, 3.8) is 0 Å². The fourth-order valence-corrected chi connectivity index (χ4v) is 5.48. The monoisotopic (exact) mass is 301 g/mol. The lowest BCUT2D eigenvalue weighted by Crippen LogP contribution is -2.44. The molecule has 1 N–H and O–H groups in total. The molecule has 0 bridgehead atoms. The van der Waals surface area contributed by atoms with Crippen LogP contribution in [0.1, 0.15) is 13.8 Å². The molecule has 0 aromatic carbocycles. The predicted octanol–water partition coefficient (Wildman–Crippen LogP) is 1.64. The van der Waals surface area contributed by atoms with E-state index in [1.54, 1.807) is 23.5 Å². The third-order valence-corrected chi connectivity index (χ3v) is 6.03. The molecule has 0 spiro atoms. The summed E-state index contributed by atoms with van der Waals surface area (Å²) in [6.07, 6.45) is 1.51. The summed E-state index contributed by atoms with van der Waals surface area (Å²) in [7, 11) is -1.82. The topological polar surface area (TPSA) is 62.3 Å². The number of nitrogens with one attached hydrogen (secondary N) is 1. The highest BCUT2D eigenvalue weighted by Crippen LogP contribution is 2.30. The maximum Gasteiger partial charge on any atom is 0.262 e. The van der Waals surface area contributed by atoms with E-state index in [-0.39, 0.29) is 5.03 Å². The SMILES string of the molecule is CNc1cccnc1S(=O)(=O)N1CC(C)SC(C)C1. The Hall–Kier alpha value is -0.790. The number of rotatable bonds is 3. The van der Waals surface area contributed by atoms with E-state index in [4.69, 9.17) is 0 Å². The second-order valence-electron chi connectivity index (χ2n) is 4.69. The first-order valence-electron chi connectivity index (χ1n) is 6.23. The van der Waals surface area contributed by atoms with Crippen LogP contribution >= 0.6 is 11.8 Å². The van der Waals surface area contributed by atoms with Crippen LogP contribution in [0.3, 0.4) is 0 Å². The van der Waals surface area contributed by atoms with Gasteiger partial charge in [-0.15, -0.1) is 0 Å². The van der Waals surface area contributed by atoms with Gasteiger partial charge in [0.25, 0.3) is 10.0 Å². The van der Waals surface area contributed by atoms with Gasteiger partial charge < -0.3 is 5.32 Å². The molecule has 5 nitrogen and oxygen atoms in total. The largest absolute Gasteiger partial charge is 0.386 e. The van der Waals surface area contributed by atoms with Gasteiger partial charge in [0.05, 0.1) is 5.69 Å². The van der Waals surface area contributed by atoms with Crippen LogP contribution in [0.2, 0.25) is 0 Å². The number of aromatic nitrogens is 1. The van der Waals surface area contributed by atoms with Gasteiger partial charge in [-0.05, 0) is 12.1 Å². The molecule has 2 unspecified atom stereocenters. The predicted molar refractivity (Wildman–Crippen MR) is 79.1 cm³/mol. The molecule has 2 rings (SSSR count). The molecule has 0 amide bonds. The lowest BCUT2D eigenvalue weighted by atomic mass is 10.4. The first-order chi connectivity index (χ1) is 8.95. The Morgan fingerprint density at radius 3 is 2.58 bits per heavy atom.